The first-order chi connectivity index (χ1) is 9.09. The van der Waals surface area contributed by atoms with E-state index >= 15 is 0 Å². The first-order valence-electron chi connectivity index (χ1n) is 7.13. The van der Waals surface area contributed by atoms with Gasteiger partial charge in [0.05, 0.1) is 23.5 Å². The number of aliphatic hydroxyl groups is 1. The van der Waals surface area contributed by atoms with Crippen LogP contribution < -0.4 is 0 Å². The van der Waals surface area contributed by atoms with E-state index in [4.69, 9.17) is 11.6 Å². The van der Waals surface area contributed by atoms with Crippen molar-refractivity contribution in [2.75, 3.05) is 20.6 Å². The lowest BCUT2D eigenvalue weighted by Gasteiger charge is -2.17. The highest BCUT2D eigenvalue weighted by atomic mass is 35.5. The molecule has 1 heterocycles. The number of hydrogen-bond acceptors (Lipinski definition) is 3. The van der Waals surface area contributed by atoms with Crippen molar-refractivity contribution in [3.05, 3.63) is 16.9 Å². The second-order valence-electron chi connectivity index (χ2n) is 6.18. The maximum absolute atomic E-state index is 10.6. The molecule has 3 unspecified atom stereocenters. The third-order valence-electron chi connectivity index (χ3n) is 4.71. The maximum atomic E-state index is 10.6. The summed E-state index contributed by atoms with van der Waals surface area (Å²) >= 11 is 6.23. The van der Waals surface area contributed by atoms with E-state index in [0.29, 0.717) is 10.9 Å². The molecule has 2 aliphatic carbocycles. The lowest BCUT2D eigenvalue weighted by Crippen LogP contribution is -2.21. The van der Waals surface area contributed by atoms with Crippen LogP contribution in [0.5, 0.6) is 0 Å². The molecule has 0 amide bonds. The zero-order valence-electron chi connectivity index (χ0n) is 11.6. The summed E-state index contributed by atoms with van der Waals surface area (Å²) in [5, 5.41) is 15.5. The lowest BCUT2D eigenvalue weighted by molar-refractivity contribution is 0.126. The van der Waals surface area contributed by atoms with Crippen LogP contribution in [-0.4, -0.2) is 40.4 Å². The highest BCUT2D eigenvalue weighted by molar-refractivity contribution is 6.31. The summed E-state index contributed by atoms with van der Waals surface area (Å²) in [6.07, 6.45) is 5.10. The summed E-state index contributed by atoms with van der Waals surface area (Å²) in [4.78, 5) is 2.11. The Morgan fingerprint density at radius 1 is 1.47 bits per heavy atom. The Balaban J connectivity index is 1.74. The normalized spacial score (nSPS) is 30.7. The molecule has 3 rings (SSSR count). The summed E-state index contributed by atoms with van der Waals surface area (Å²) in [5.74, 6) is 1.87. The van der Waals surface area contributed by atoms with E-state index < -0.39 is 6.10 Å². The molecule has 19 heavy (non-hydrogen) atoms. The van der Waals surface area contributed by atoms with Crippen LogP contribution in [0, 0.1) is 17.8 Å². The molecule has 2 fully saturated rings. The molecule has 1 aromatic heterocycles. The third-order valence-corrected chi connectivity index (χ3v) is 5.00. The van der Waals surface area contributed by atoms with Gasteiger partial charge in [0.15, 0.2) is 0 Å². The van der Waals surface area contributed by atoms with Crippen molar-refractivity contribution >= 4 is 11.6 Å². The van der Waals surface area contributed by atoms with Crippen LogP contribution >= 0.6 is 11.6 Å². The Labute approximate surface area is 119 Å². The maximum Gasteiger partial charge on any atom is 0.100 e. The average molecular weight is 284 g/mol. The Kier molecular flexibility index (Phi) is 3.58. The first-order valence-corrected chi connectivity index (χ1v) is 7.51. The number of likely N-dealkylation sites (N-methyl/N-ethyl adjacent to an activating group) is 1. The zero-order chi connectivity index (χ0) is 13.6. The van der Waals surface area contributed by atoms with Gasteiger partial charge in [-0.3, -0.25) is 4.68 Å². The lowest BCUT2D eigenvalue weighted by atomic mass is 10.0. The van der Waals surface area contributed by atoms with Crippen molar-refractivity contribution in [2.24, 2.45) is 17.8 Å². The topological polar surface area (TPSA) is 41.3 Å². The fourth-order valence-electron chi connectivity index (χ4n) is 3.67. The summed E-state index contributed by atoms with van der Waals surface area (Å²) in [6, 6.07) is 0. The molecule has 3 atom stereocenters. The van der Waals surface area contributed by atoms with Crippen molar-refractivity contribution < 1.29 is 5.11 Å². The van der Waals surface area contributed by atoms with Crippen LogP contribution in [0.3, 0.4) is 0 Å². The summed E-state index contributed by atoms with van der Waals surface area (Å²) < 4.78 is 1.88. The smallest absolute Gasteiger partial charge is 0.100 e. The van der Waals surface area contributed by atoms with Gasteiger partial charge >= 0.3 is 0 Å². The van der Waals surface area contributed by atoms with Crippen LogP contribution in [0.25, 0.3) is 0 Å². The van der Waals surface area contributed by atoms with Gasteiger partial charge in [0.1, 0.15) is 6.10 Å². The van der Waals surface area contributed by atoms with E-state index in [2.05, 4.69) is 10.00 Å². The first kappa shape index (κ1) is 13.4. The largest absolute Gasteiger partial charge is 0.386 e. The summed E-state index contributed by atoms with van der Waals surface area (Å²) in [6.45, 7) is 1.67. The molecule has 4 nitrogen and oxygen atoms in total. The molecule has 0 bridgehead atoms. The SMILES string of the molecule is CN(C)CCn1ncc(Cl)c1C(O)C1C2CCCC21. The van der Waals surface area contributed by atoms with Crippen molar-refractivity contribution in [1.82, 2.24) is 14.7 Å². The minimum atomic E-state index is -0.438. The molecule has 5 heteroatoms. The third kappa shape index (κ3) is 2.41. The zero-order valence-corrected chi connectivity index (χ0v) is 12.3. The van der Waals surface area contributed by atoms with Crippen molar-refractivity contribution in [3.63, 3.8) is 0 Å². The minimum Gasteiger partial charge on any atom is -0.386 e. The van der Waals surface area contributed by atoms with Gasteiger partial charge in [0.25, 0.3) is 0 Å². The number of halogens is 1. The molecule has 106 valence electrons. The molecule has 0 aliphatic heterocycles. The fraction of sp³-hybridized carbons (Fsp3) is 0.786. The molecular formula is C14H22ClN3O. The Morgan fingerprint density at radius 3 is 2.79 bits per heavy atom. The van der Waals surface area contributed by atoms with E-state index in [-0.39, 0.29) is 0 Å². The van der Waals surface area contributed by atoms with E-state index in [1.165, 1.54) is 19.3 Å². The molecule has 0 spiro atoms. The van der Waals surface area contributed by atoms with Gasteiger partial charge in [-0.15, -0.1) is 0 Å². The molecule has 0 saturated heterocycles. The predicted molar refractivity (Wildman–Crippen MR) is 75.1 cm³/mol. The predicted octanol–water partition coefficient (Wildman–Crippen LogP) is 2.18. The van der Waals surface area contributed by atoms with E-state index in [0.717, 1.165) is 30.6 Å². The van der Waals surface area contributed by atoms with Gasteiger partial charge < -0.3 is 10.0 Å². The fourth-order valence-corrected chi connectivity index (χ4v) is 3.92. The number of fused-ring (bicyclic) bond motifs is 1. The van der Waals surface area contributed by atoms with Crippen molar-refractivity contribution in [3.8, 4) is 0 Å². The number of aromatic nitrogens is 2. The van der Waals surface area contributed by atoms with Crippen LogP contribution in [0.2, 0.25) is 5.02 Å². The monoisotopic (exact) mass is 283 g/mol. The van der Waals surface area contributed by atoms with Crippen molar-refractivity contribution in [2.45, 2.75) is 31.9 Å². The van der Waals surface area contributed by atoms with Crippen LogP contribution in [0.1, 0.15) is 31.1 Å². The highest BCUT2D eigenvalue weighted by Gasteiger charge is 2.56. The van der Waals surface area contributed by atoms with Crippen LogP contribution in [-0.2, 0) is 6.54 Å². The quantitative estimate of drug-likeness (QED) is 0.900. The molecule has 0 aromatic carbocycles. The van der Waals surface area contributed by atoms with Gasteiger partial charge in [-0.1, -0.05) is 18.0 Å². The van der Waals surface area contributed by atoms with E-state index in [9.17, 15) is 5.11 Å². The van der Waals surface area contributed by atoms with Gasteiger partial charge in [-0.2, -0.15) is 5.10 Å². The summed E-state index contributed by atoms with van der Waals surface area (Å²) in [5.41, 5.74) is 0.822. The highest BCUT2D eigenvalue weighted by Crippen LogP contribution is 2.62. The van der Waals surface area contributed by atoms with Crippen LogP contribution in [0.15, 0.2) is 6.20 Å². The number of aliphatic hydroxyl groups excluding tert-OH is 1. The van der Waals surface area contributed by atoms with Gasteiger partial charge in [0.2, 0.25) is 0 Å². The van der Waals surface area contributed by atoms with Gasteiger partial charge in [0, 0.05) is 6.54 Å². The van der Waals surface area contributed by atoms with Gasteiger partial charge in [-0.25, -0.2) is 0 Å². The minimum absolute atomic E-state index is 0.418. The van der Waals surface area contributed by atoms with Gasteiger partial charge in [-0.05, 0) is 44.7 Å². The molecule has 2 saturated carbocycles. The van der Waals surface area contributed by atoms with E-state index in [1.54, 1.807) is 6.20 Å². The molecule has 2 aliphatic rings. The number of nitrogens with zero attached hydrogens (tertiary/aromatic N) is 3. The summed E-state index contributed by atoms with van der Waals surface area (Å²) in [7, 11) is 4.07. The van der Waals surface area contributed by atoms with Crippen molar-refractivity contribution in [1.29, 1.82) is 0 Å². The van der Waals surface area contributed by atoms with E-state index in [1.807, 2.05) is 18.8 Å². The molecule has 0 radical (unpaired) electrons. The molecule has 1 N–H and O–H groups in total. The number of rotatable bonds is 5. The Morgan fingerprint density at radius 2 is 2.16 bits per heavy atom. The second kappa shape index (κ2) is 5.08. The Bertz CT molecular complexity index is 450. The average Bonchev–Trinajstić information content (AvgIpc) is 2.73. The van der Waals surface area contributed by atoms with Crippen LogP contribution in [0.4, 0.5) is 0 Å². The molecule has 1 aromatic rings. The second-order valence-corrected chi connectivity index (χ2v) is 6.59. The standard InChI is InChI=1S/C14H22ClN3O/c1-17(2)6-7-18-13(11(15)8-16-18)14(19)12-9-4-3-5-10(9)12/h8-10,12,14,19H,3-7H2,1-2H3. The number of hydrogen-bond donors (Lipinski definition) is 1. The Hall–Kier alpha value is -0.580. The molecular weight excluding hydrogens is 262 g/mol.